The molecule has 1 aliphatic rings. The van der Waals surface area contributed by atoms with Gasteiger partial charge in [0.25, 0.3) is 0 Å². The lowest BCUT2D eigenvalue weighted by Gasteiger charge is -2.23. The Morgan fingerprint density at radius 1 is 0.583 bits per heavy atom. The summed E-state index contributed by atoms with van der Waals surface area (Å²) in [5, 5.41) is 26.8. The van der Waals surface area contributed by atoms with Crippen LogP contribution in [0.25, 0.3) is 11.1 Å². The molecule has 3 amide bonds. The average Bonchev–Trinajstić information content (AvgIpc) is 3.40. The van der Waals surface area contributed by atoms with E-state index in [2.05, 4.69) is 16.0 Å². The van der Waals surface area contributed by atoms with Crippen LogP contribution in [0.3, 0.4) is 0 Å². The molecule has 0 aliphatic heterocycles. The van der Waals surface area contributed by atoms with Crippen LogP contribution >= 0.6 is 0 Å². The molecule has 0 unspecified atom stereocenters. The summed E-state index contributed by atoms with van der Waals surface area (Å²) in [7, 11) is 0. The van der Waals surface area contributed by atoms with Crippen molar-refractivity contribution in [3.63, 3.8) is 0 Å². The maximum Gasteiger partial charge on any atom is 0.407 e. The predicted molar refractivity (Wildman–Crippen MR) is 176 cm³/mol. The van der Waals surface area contributed by atoms with Gasteiger partial charge in [0.2, 0.25) is 11.8 Å². The first-order valence-electron chi connectivity index (χ1n) is 15.4. The first-order chi connectivity index (χ1) is 23.2. The van der Waals surface area contributed by atoms with Crippen molar-refractivity contribution in [1.29, 1.82) is 0 Å². The van der Waals surface area contributed by atoms with Crippen LogP contribution in [0, 0.1) is 0 Å². The van der Waals surface area contributed by atoms with Gasteiger partial charge >= 0.3 is 18.0 Å². The first kappa shape index (κ1) is 33.4. The van der Waals surface area contributed by atoms with Gasteiger partial charge in [0.05, 0.1) is 6.42 Å². The molecule has 0 spiro atoms. The number of ether oxygens (including phenoxy) is 1. The van der Waals surface area contributed by atoms with E-state index in [0.717, 1.165) is 22.3 Å². The molecule has 0 heterocycles. The highest BCUT2D eigenvalue weighted by Gasteiger charge is 2.32. The second-order valence-electron chi connectivity index (χ2n) is 11.5. The number of carbonyl (C=O) groups is 5. The molecule has 0 radical (unpaired) electrons. The number of nitrogens with one attached hydrogen (secondary N) is 3. The summed E-state index contributed by atoms with van der Waals surface area (Å²) in [4.78, 5) is 63.8. The van der Waals surface area contributed by atoms with Crippen molar-refractivity contribution in [3.8, 4) is 11.1 Å². The largest absolute Gasteiger partial charge is 0.480 e. The van der Waals surface area contributed by atoms with Gasteiger partial charge in [0.1, 0.15) is 24.7 Å². The summed E-state index contributed by atoms with van der Waals surface area (Å²) in [6.07, 6.45) is -1.74. The third kappa shape index (κ3) is 8.43. The third-order valence-electron chi connectivity index (χ3n) is 8.15. The van der Waals surface area contributed by atoms with Crippen molar-refractivity contribution < 1.29 is 38.9 Å². The SMILES string of the molecule is O=C(C[C@H](NC(=O)OCC1c2ccccc2-c2ccccc21)C(=O)N[C@@H](Cc1ccccc1)C(=O)O)N[C@@H](Cc1ccccc1)C(=O)O. The van der Waals surface area contributed by atoms with E-state index < -0.39 is 54.4 Å². The highest BCUT2D eigenvalue weighted by Crippen LogP contribution is 2.44. The lowest BCUT2D eigenvalue weighted by Crippen LogP contribution is -2.54. The fourth-order valence-electron chi connectivity index (χ4n) is 5.80. The Labute approximate surface area is 277 Å². The lowest BCUT2D eigenvalue weighted by molar-refractivity contribution is -0.143. The summed E-state index contributed by atoms with van der Waals surface area (Å²) in [5.41, 5.74) is 5.32. The highest BCUT2D eigenvalue weighted by molar-refractivity contribution is 5.94. The Hall–Kier alpha value is -5.97. The van der Waals surface area contributed by atoms with E-state index in [4.69, 9.17) is 4.74 Å². The molecule has 0 fully saturated rings. The summed E-state index contributed by atoms with van der Waals surface area (Å²) in [6, 6.07) is 28.6. The number of amides is 3. The van der Waals surface area contributed by atoms with Crippen LogP contribution in [-0.2, 0) is 36.8 Å². The number of hydrogen-bond donors (Lipinski definition) is 5. The second-order valence-corrected chi connectivity index (χ2v) is 11.5. The zero-order valence-corrected chi connectivity index (χ0v) is 25.9. The van der Waals surface area contributed by atoms with Crippen molar-refractivity contribution >= 4 is 29.8 Å². The van der Waals surface area contributed by atoms with Crippen LogP contribution in [0.5, 0.6) is 0 Å². The van der Waals surface area contributed by atoms with Crippen molar-refractivity contribution in [2.24, 2.45) is 0 Å². The Morgan fingerprint density at radius 3 is 1.54 bits per heavy atom. The smallest absolute Gasteiger partial charge is 0.407 e. The van der Waals surface area contributed by atoms with Crippen LogP contribution in [0.15, 0.2) is 109 Å². The van der Waals surface area contributed by atoms with Crippen molar-refractivity contribution in [1.82, 2.24) is 16.0 Å². The molecule has 4 aromatic carbocycles. The summed E-state index contributed by atoms with van der Waals surface area (Å²) < 4.78 is 5.58. The number of hydrogen-bond acceptors (Lipinski definition) is 6. The first-order valence-corrected chi connectivity index (χ1v) is 15.4. The molecule has 3 atom stereocenters. The number of benzene rings is 4. The number of fused-ring (bicyclic) bond motifs is 3. The van der Waals surface area contributed by atoms with Crippen LogP contribution in [-0.4, -0.2) is 64.8 Å². The summed E-state index contributed by atoms with van der Waals surface area (Å²) >= 11 is 0. The van der Waals surface area contributed by atoms with Gasteiger partial charge in [0.15, 0.2) is 0 Å². The van der Waals surface area contributed by atoms with E-state index in [9.17, 15) is 34.2 Å². The Morgan fingerprint density at radius 2 is 1.04 bits per heavy atom. The number of alkyl carbamates (subject to hydrolysis) is 1. The second kappa shape index (κ2) is 15.5. The van der Waals surface area contributed by atoms with Crippen LogP contribution in [0.2, 0.25) is 0 Å². The fraction of sp³-hybridized carbons (Fsp3) is 0.216. The summed E-state index contributed by atoms with van der Waals surface area (Å²) in [5.74, 6) is -4.66. The molecular weight excluding hydrogens is 614 g/mol. The predicted octanol–water partition coefficient (Wildman–Crippen LogP) is 3.91. The van der Waals surface area contributed by atoms with E-state index >= 15 is 0 Å². The Balaban J connectivity index is 1.30. The summed E-state index contributed by atoms with van der Waals surface area (Å²) in [6.45, 7) is -0.0652. The Bertz CT molecular complexity index is 1730. The number of carboxylic acid groups (broad SMARTS) is 2. The molecule has 4 aromatic rings. The molecule has 5 N–H and O–H groups in total. The third-order valence-corrected chi connectivity index (χ3v) is 8.15. The van der Waals surface area contributed by atoms with Crippen LogP contribution in [0.1, 0.15) is 34.6 Å². The number of carbonyl (C=O) groups excluding carboxylic acids is 3. The number of rotatable bonds is 14. The maximum absolute atomic E-state index is 13.5. The van der Waals surface area contributed by atoms with Crippen molar-refractivity contribution in [2.45, 2.75) is 43.3 Å². The lowest BCUT2D eigenvalue weighted by atomic mass is 9.98. The minimum atomic E-state index is -1.58. The van der Waals surface area contributed by atoms with Crippen molar-refractivity contribution in [3.05, 3.63) is 131 Å². The van der Waals surface area contributed by atoms with Crippen LogP contribution < -0.4 is 16.0 Å². The van der Waals surface area contributed by atoms with Gasteiger partial charge in [-0.05, 0) is 33.4 Å². The molecule has 11 heteroatoms. The molecule has 1 aliphatic carbocycles. The topological polar surface area (TPSA) is 171 Å². The van der Waals surface area contributed by atoms with Gasteiger partial charge in [-0.2, -0.15) is 0 Å². The van der Waals surface area contributed by atoms with Gasteiger partial charge in [-0.1, -0.05) is 109 Å². The van der Waals surface area contributed by atoms with Crippen LogP contribution in [0.4, 0.5) is 4.79 Å². The number of carboxylic acids is 2. The molecule has 11 nitrogen and oxygen atoms in total. The normalized spacial score (nSPS) is 13.6. The molecule has 0 saturated carbocycles. The van der Waals surface area contributed by atoms with E-state index in [1.54, 1.807) is 60.7 Å². The minimum absolute atomic E-state index is 0.0171. The average molecular weight is 650 g/mol. The quantitative estimate of drug-likeness (QED) is 0.137. The maximum atomic E-state index is 13.5. The molecule has 0 bridgehead atoms. The zero-order chi connectivity index (χ0) is 34.0. The highest BCUT2D eigenvalue weighted by atomic mass is 16.5. The molecule has 246 valence electrons. The van der Waals surface area contributed by atoms with Gasteiger partial charge in [0, 0.05) is 18.8 Å². The molecule has 0 saturated heterocycles. The van der Waals surface area contributed by atoms with Gasteiger partial charge < -0.3 is 30.9 Å². The molecule has 48 heavy (non-hydrogen) atoms. The molecule has 0 aromatic heterocycles. The van der Waals surface area contributed by atoms with E-state index in [1.165, 1.54) is 0 Å². The van der Waals surface area contributed by atoms with Gasteiger partial charge in [-0.15, -0.1) is 0 Å². The molecule has 5 rings (SSSR count). The van der Waals surface area contributed by atoms with E-state index in [0.29, 0.717) is 11.1 Å². The monoisotopic (exact) mass is 649 g/mol. The minimum Gasteiger partial charge on any atom is -0.480 e. The van der Waals surface area contributed by atoms with E-state index in [1.807, 2.05) is 48.5 Å². The van der Waals surface area contributed by atoms with Gasteiger partial charge in [-0.3, -0.25) is 9.59 Å². The van der Waals surface area contributed by atoms with Gasteiger partial charge in [-0.25, -0.2) is 14.4 Å². The zero-order valence-electron chi connectivity index (χ0n) is 25.9. The molecular formula is C37H35N3O8. The van der Waals surface area contributed by atoms with E-state index in [-0.39, 0.29) is 25.4 Å². The van der Waals surface area contributed by atoms with Crippen molar-refractivity contribution in [2.75, 3.05) is 6.61 Å². The number of aliphatic carboxylic acids is 2. The standard InChI is InChI=1S/C37H35N3O8/c41-33(38-31(35(43)44)19-23-11-3-1-4-12-23)21-30(34(42)39-32(36(45)46)20-24-13-5-2-6-14-24)40-37(47)48-22-29-27-17-9-7-15-25(27)26-16-8-10-18-28(26)29/h1-18,29-32H,19-22H2,(H,38,41)(H,39,42)(H,40,47)(H,43,44)(H,45,46)/t30-,31-,32-/m0/s1. The fourth-order valence-corrected chi connectivity index (χ4v) is 5.80. The Kier molecular flexibility index (Phi) is 10.8.